The number of carbonyl (C=O) groups excluding carboxylic acids is 3. The van der Waals surface area contributed by atoms with E-state index in [2.05, 4.69) is 11.4 Å². The number of nitrogens with zero attached hydrogens (tertiary/aromatic N) is 1. The van der Waals surface area contributed by atoms with Crippen LogP contribution in [0.2, 0.25) is 0 Å². The first-order valence-corrected chi connectivity index (χ1v) is 11.4. The molecule has 1 heterocycles. The molecule has 0 aromatic heterocycles. The second kappa shape index (κ2) is 10.4. The van der Waals surface area contributed by atoms with E-state index in [9.17, 15) is 18.8 Å². The normalized spacial score (nSPS) is 14.7. The molecule has 1 aliphatic rings. The first kappa shape index (κ1) is 24.7. The molecular weight excluding hydrogens is 463 g/mol. The van der Waals surface area contributed by atoms with Gasteiger partial charge < -0.3 is 9.47 Å². The highest BCUT2D eigenvalue weighted by molar-refractivity contribution is 6.39. The van der Waals surface area contributed by atoms with Crippen LogP contribution in [-0.4, -0.2) is 24.5 Å². The van der Waals surface area contributed by atoms with Gasteiger partial charge in [0.15, 0.2) is 11.5 Å². The number of hydrogen-bond acceptors (Lipinski definition) is 5. The number of aryl methyl sites for hydroxylation is 2. The number of benzene rings is 3. The monoisotopic (exact) mass is 488 g/mol. The summed E-state index contributed by atoms with van der Waals surface area (Å²) < 4.78 is 26.0. The van der Waals surface area contributed by atoms with E-state index in [0.717, 1.165) is 22.8 Å². The molecule has 1 N–H and O–H groups in total. The first-order valence-electron chi connectivity index (χ1n) is 11.4. The number of barbiturate groups is 1. The summed E-state index contributed by atoms with van der Waals surface area (Å²) >= 11 is 0. The van der Waals surface area contributed by atoms with Crippen LogP contribution in [0.5, 0.6) is 11.5 Å². The van der Waals surface area contributed by atoms with Gasteiger partial charge in [-0.2, -0.15) is 0 Å². The minimum atomic E-state index is -1.02. The van der Waals surface area contributed by atoms with Crippen molar-refractivity contribution in [3.8, 4) is 11.5 Å². The fourth-order valence-corrected chi connectivity index (χ4v) is 3.99. The SMILES string of the molecule is CCOc1cc(/C=C2/C(=O)NC(=O)N(c3ccccc3F)C2=O)ccc1OCc1cc(C)cc(C)c1. The van der Waals surface area contributed by atoms with Crippen molar-refractivity contribution in [2.24, 2.45) is 0 Å². The van der Waals surface area contributed by atoms with Gasteiger partial charge in [0.1, 0.15) is 18.0 Å². The Bertz CT molecular complexity index is 1360. The number of urea groups is 1. The van der Waals surface area contributed by atoms with Crippen LogP contribution in [0.15, 0.2) is 66.2 Å². The first-order chi connectivity index (χ1) is 17.3. The summed E-state index contributed by atoms with van der Waals surface area (Å²) in [6.45, 7) is 6.58. The zero-order valence-electron chi connectivity index (χ0n) is 20.1. The van der Waals surface area contributed by atoms with Gasteiger partial charge >= 0.3 is 6.03 Å². The summed E-state index contributed by atoms with van der Waals surface area (Å²) in [6, 6.07) is 15.5. The molecule has 0 saturated carbocycles. The molecular formula is C28H25FN2O5. The highest BCUT2D eigenvalue weighted by Crippen LogP contribution is 2.31. The van der Waals surface area contributed by atoms with Crippen LogP contribution in [0.3, 0.4) is 0 Å². The molecule has 7 nitrogen and oxygen atoms in total. The van der Waals surface area contributed by atoms with Gasteiger partial charge in [0.05, 0.1) is 12.3 Å². The van der Waals surface area contributed by atoms with Crippen LogP contribution in [0.4, 0.5) is 14.9 Å². The van der Waals surface area contributed by atoms with Crippen molar-refractivity contribution < 1.29 is 28.2 Å². The smallest absolute Gasteiger partial charge is 0.336 e. The highest BCUT2D eigenvalue weighted by Gasteiger charge is 2.38. The van der Waals surface area contributed by atoms with Crippen molar-refractivity contribution in [3.63, 3.8) is 0 Å². The van der Waals surface area contributed by atoms with E-state index in [-0.39, 0.29) is 11.3 Å². The van der Waals surface area contributed by atoms with E-state index in [4.69, 9.17) is 9.47 Å². The molecule has 0 aliphatic carbocycles. The lowest BCUT2D eigenvalue weighted by atomic mass is 10.1. The predicted molar refractivity (Wildman–Crippen MR) is 133 cm³/mol. The molecule has 4 amide bonds. The molecule has 3 aromatic carbocycles. The van der Waals surface area contributed by atoms with Crippen LogP contribution >= 0.6 is 0 Å². The standard InChI is InChI=1S/C28H25FN2O5/c1-4-35-25-15-19(9-10-24(25)36-16-20-12-17(2)11-18(3)13-20)14-21-26(32)30-28(34)31(27(21)33)23-8-6-5-7-22(23)29/h5-15H,4,16H2,1-3H3,(H,30,32,34)/b21-14-. The second-order valence-electron chi connectivity index (χ2n) is 8.33. The number of ether oxygens (including phenoxy) is 2. The van der Waals surface area contributed by atoms with Crippen molar-refractivity contribution in [2.45, 2.75) is 27.4 Å². The molecule has 8 heteroatoms. The number of rotatable bonds is 7. The number of nitrogens with one attached hydrogen (secondary N) is 1. The maximum absolute atomic E-state index is 14.3. The zero-order chi connectivity index (χ0) is 25.8. The average molecular weight is 489 g/mol. The van der Waals surface area contributed by atoms with E-state index in [0.29, 0.717) is 35.2 Å². The lowest BCUT2D eigenvalue weighted by Gasteiger charge is -2.26. The molecule has 0 atom stereocenters. The maximum Gasteiger partial charge on any atom is 0.336 e. The fraction of sp³-hybridized carbons (Fsp3) is 0.179. The Hall–Kier alpha value is -4.46. The van der Waals surface area contributed by atoms with Gasteiger partial charge in [-0.1, -0.05) is 47.5 Å². The molecule has 36 heavy (non-hydrogen) atoms. The average Bonchev–Trinajstić information content (AvgIpc) is 2.82. The molecule has 0 spiro atoms. The van der Waals surface area contributed by atoms with Crippen molar-refractivity contribution in [1.29, 1.82) is 0 Å². The summed E-state index contributed by atoms with van der Waals surface area (Å²) in [5.74, 6) is -1.63. The van der Waals surface area contributed by atoms with E-state index in [1.165, 1.54) is 24.3 Å². The fourth-order valence-electron chi connectivity index (χ4n) is 3.99. The minimum Gasteiger partial charge on any atom is -0.490 e. The summed E-state index contributed by atoms with van der Waals surface area (Å²) in [5, 5.41) is 2.09. The number of carbonyl (C=O) groups is 3. The number of halogens is 1. The summed E-state index contributed by atoms with van der Waals surface area (Å²) in [7, 11) is 0. The van der Waals surface area contributed by atoms with Gasteiger partial charge in [-0.25, -0.2) is 14.1 Å². The Morgan fingerprint density at radius 2 is 1.64 bits per heavy atom. The van der Waals surface area contributed by atoms with Crippen LogP contribution in [0.25, 0.3) is 6.08 Å². The molecule has 0 bridgehead atoms. The Labute approximate surface area is 208 Å². The van der Waals surface area contributed by atoms with Crippen LogP contribution in [0.1, 0.15) is 29.2 Å². The topological polar surface area (TPSA) is 84.9 Å². The second-order valence-corrected chi connectivity index (χ2v) is 8.33. The maximum atomic E-state index is 14.3. The van der Waals surface area contributed by atoms with E-state index >= 15 is 0 Å². The zero-order valence-corrected chi connectivity index (χ0v) is 20.1. The lowest BCUT2D eigenvalue weighted by Crippen LogP contribution is -2.54. The molecule has 1 fully saturated rings. The van der Waals surface area contributed by atoms with E-state index < -0.39 is 23.7 Å². The van der Waals surface area contributed by atoms with Gasteiger partial charge in [0.25, 0.3) is 11.8 Å². The third kappa shape index (κ3) is 5.27. The molecule has 184 valence electrons. The van der Waals surface area contributed by atoms with Gasteiger partial charge in [-0.15, -0.1) is 0 Å². The van der Waals surface area contributed by atoms with Gasteiger partial charge in [-0.3, -0.25) is 14.9 Å². The third-order valence-electron chi connectivity index (χ3n) is 5.45. The van der Waals surface area contributed by atoms with E-state index in [1.807, 2.05) is 32.9 Å². The van der Waals surface area contributed by atoms with Gasteiger partial charge in [0.2, 0.25) is 0 Å². The van der Waals surface area contributed by atoms with E-state index in [1.54, 1.807) is 18.2 Å². The van der Waals surface area contributed by atoms with Crippen molar-refractivity contribution in [1.82, 2.24) is 5.32 Å². The lowest BCUT2D eigenvalue weighted by molar-refractivity contribution is -0.122. The molecule has 1 aliphatic heterocycles. The van der Waals surface area contributed by atoms with Crippen molar-refractivity contribution in [2.75, 3.05) is 11.5 Å². The quantitative estimate of drug-likeness (QED) is 0.370. The third-order valence-corrected chi connectivity index (χ3v) is 5.45. The van der Waals surface area contributed by atoms with Crippen molar-refractivity contribution in [3.05, 3.63) is 94.3 Å². The Morgan fingerprint density at radius 3 is 2.33 bits per heavy atom. The van der Waals surface area contributed by atoms with Crippen LogP contribution in [-0.2, 0) is 16.2 Å². The van der Waals surface area contributed by atoms with Gasteiger partial charge in [0, 0.05) is 0 Å². The summed E-state index contributed by atoms with van der Waals surface area (Å²) in [4.78, 5) is 38.5. The van der Waals surface area contributed by atoms with Gasteiger partial charge in [-0.05, 0) is 62.2 Å². The number of anilines is 1. The molecule has 1 saturated heterocycles. The molecule has 4 rings (SSSR count). The van der Waals surface area contributed by atoms with Crippen LogP contribution < -0.4 is 19.7 Å². The highest BCUT2D eigenvalue weighted by atomic mass is 19.1. The minimum absolute atomic E-state index is 0.247. The number of amides is 4. The number of para-hydroxylation sites is 1. The summed E-state index contributed by atoms with van der Waals surface area (Å²) in [6.07, 6.45) is 1.33. The predicted octanol–water partition coefficient (Wildman–Crippen LogP) is 5.09. The molecule has 0 unspecified atom stereocenters. The molecule has 3 aromatic rings. The molecule has 0 radical (unpaired) electrons. The Morgan fingerprint density at radius 1 is 0.917 bits per heavy atom. The Balaban J connectivity index is 1.62. The van der Waals surface area contributed by atoms with Crippen LogP contribution in [0, 0.1) is 19.7 Å². The Kier molecular flexibility index (Phi) is 7.15. The number of hydrogen-bond donors (Lipinski definition) is 1. The summed E-state index contributed by atoms with van der Waals surface area (Å²) in [5.41, 5.74) is 3.20. The number of imide groups is 2. The van der Waals surface area contributed by atoms with Crippen molar-refractivity contribution >= 4 is 29.6 Å². The largest absolute Gasteiger partial charge is 0.490 e.